The number of nitrogens with zero attached hydrogens (tertiary/aromatic N) is 2. The Labute approximate surface area is 150 Å². The van der Waals surface area contributed by atoms with E-state index in [0.29, 0.717) is 4.57 Å². The van der Waals surface area contributed by atoms with Gasteiger partial charge in [0.1, 0.15) is 17.2 Å². The molecule has 2 heterocycles. The Morgan fingerprint density at radius 1 is 1.40 bits per heavy atom. The van der Waals surface area contributed by atoms with Crippen molar-refractivity contribution in [1.29, 1.82) is 0 Å². The van der Waals surface area contributed by atoms with E-state index in [4.69, 9.17) is 23.2 Å². The maximum absolute atomic E-state index is 14.3. The fourth-order valence-electron chi connectivity index (χ4n) is 2.64. The number of rotatable bonds is 4. The third-order valence-corrected chi connectivity index (χ3v) is 5.69. The van der Waals surface area contributed by atoms with Crippen LogP contribution >= 0.6 is 23.2 Å². The molecule has 1 aromatic carbocycles. The summed E-state index contributed by atoms with van der Waals surface area (Å²) in [4.78, 5) is 12.4. The van der Waals surface area contributed by atoms with Gasteiger partial charge in [-0.25, -0.2) is 26.6 Å². The fourth-order valence-corrected chi connectivity index (χ4v) is 3.61. The van der Waals surface area contributed by atoms with Gasteiger partial charge in [-0.15, -0.1) is 11.6 Å². The second kappa shape index (κ2) is 6.19. The highest BCUT2D eigenvalue weighted by atomic mass is 35.5. The van der Waals surface area contributed by atoms with Gasteiger partial charge in [0.15, 0.2) is 0 Å². The summed E-state index contributed by atoms with van der Waals surface area (Å²) < 4.78 is 54.5. The number of fused-ring (bicyclic) bond motifs is 1. The number of aromatic hydroxyl groups is 1. The summed E-state index contributed by atoms with van der Waals surface area (Å²) in [5.74, 6) is -1.59. The lowest BCUT2D eigenvalue weighted by molar-refractivity contribution is 0.323. The second-order valence-corrected chi connectivity index (χ2v) is 8.12. The van der Waals surface area contributed by atoms with Crippen molar-refractivity contribution in [3.05, 3.63) is 39.2 Å². The van der Waals surface area contributed by atoms with Gasteiger partial charge in [0.05, 0.1) is 28.6 Å². The average Bonchev–Trinajstić information content (AvgIpc) is 3.01. The van der Waals surface area contributed by atoms with E-state index in [0.717, 1.165) is 16.7 Å². The number of imidazole rings is 1. The number of aromatic nitrogens is 2. The smallest absolute Gasteiger partial charge is 0.336 e. The van der Waals surface area contributed by atoms with E-state index in [2.05, 4.69) is 0 Å². The van der Waals surface area contributed by atoms with Crippen LogP contribution < -0.4 is 10.4 Å². The molecule has 2 aromatic rings. The number of anilines is 1. The normalized spacial score (nSPS) is 16.9. The summed E-state index contributed by atoms with van der Waals surface area (Å²) in [6, 6.07) is 1.74. The zero-order valence-electron chi connectivity index (χ0n) is 12.3. The molecule has 0 fully saturated rings. The Balaban J connectivity index is 2.17. The summed E-state index contributed by atoms with van der Waals surface area (Å²) in [7, 11) is -3.93. The van der Waals surface area contributed by atoms with Gasteiger partial charge in [0.25, 0.3) is 0 Å². The highest BCUT2D eigenvalue weighted by Gasteiger charge is 2.31. The molecule has 2 N–H and O–H groups in total. The van der Waals surface area contributed by atoms with E-state index < -0.39 is 44.5 Å². The largest absolute Gasteiger partial charge is 0.493 e. The standard InChI is InChI=1S/C13H11Cl2F2N3O4S/c14-5-25(23,24)18-9-3-10(8(17)2-7(9)15)20-12(21)11-1-6(16)4-19(11)13(20)22/h2-3,6,18,21H,1,4-5H2/t6-/m1/s1. The molecule has 0 saturated carbocycles. The fraction of sp³-hybridized carbons (Fsp3) is 0.308. The van der Waals surface area contributed by atoms with Crippen LogP contribution in [0.5, 0.6) is 5.88 Å². The lowest BCUT2D eigenvalue weighted by Gasteiger charge is -2.12. The summed E-state index contributed by atoms with van der Waals surface area (Å²) in [5.41, 5.74) is -1.47. The van der Waals surface area contributed by atoms with Crippen LogP contribution in [0.2, 0.25) is 5.02 Å². The van der Waals surface area contributed by atoms with E-state index in [9.17, 15) is 27.1 Å². The van der Waals surface area contributed by atoms with Crippen LogP contribution in [0.1, 0.15) is 5.69 Å². The minimum absolute atomic E-state index is 0.0368. The average molecular weight is 414 g/mol. The van der Waals surface area contributed by atoms with Crippen LogP contribution in [0.3, 0.4) is 0 Å². The van der Waals surface area contributed by atoms with Crippen LogP contribution in [0.25, 0.3) is 5.69 Å². The molecule has 0 radical (unpaired) electrons. The van der Waals surface area contributed by atoms with Crippen molar-refractivity contribution >= 4 is 38.9 Å². The SMILES string of the molecule is O=c1n2c(c(O)n1-c1cc(NS(=O)(=O)CCl)c(Cl)cc1F)C[C@@H](F)C2. The molecule has 0 aliphatic carbocycles. The van der Waals surface area contributed by atoms with Gasteiger partial charge in [0, 0.05) is 6.42 Å². The predicted molar refractivity (Wildman–Crippen MR) is 88.5 cm³/mol. The topological polar surface area (TPSA) is 93.3 Å². The Bertz CT molecular complexity index is 1020. The maximum atomic E-state index is 14.3. The van der Waals surface area contributed by atoms with Crippen molar-refractivity contribution in [3.63, 3.8) is 0 Å². The van der Waals surface area contributed by atoms with Crippen LogP contribution in [-0.2, 0) is 23.0 Å². The summed E-state index contributed by atoms with van der Waals surface area (Å²) in [6.45, 7) is -0.254. The first kappa shape index (κ1) is 18.0. The first-order valence-corrected chi connectivity index (χ1v) is 9.44. The Morgan fingerprint density at radius 2 is 2.08 bits per heavy atom. The molecule has 1 aliphatic heterocycles. The van der Waals surface area contributed by atoms with Crippen LogP contribution in [0.4, 0.5) is 14.5 Å². The number of sulfonamides is 1. The second-order valence-electron chi connectivity index (χ2n) is 5.41. The number of hydrogen-bond acceptors (Lipinski definition) is 4. The number of hydrogen-bond donors (Lipinski definition) is 2. The number of alkyl halides is 2. The predicted octanol–water partition coefficient (Wildman–Crippen LogP) is 1.97. The molecular weight excluding hydrogens is 403 g/mol. The molecule has 25 heavy (non-hydrogen) atoms. The lowest BCUT2D eigenvalue weighted by atomic mass is 10.2. The minimum Gasteiger partial charge on any atom is -0.493 e. The molecule has 1 aliphatic rings. The molecule has 0 spiro atoms. The Kier molecular flexibility index (Phi) is 4.46. The van der Waals surface area contributed by atoms with E-state index in [1.807, 2.05) is 4.72 Å². The van der Waals surface area contributed by atoms with Crippen molar-refractivity contribution < 1.29 is 22.3 Å². The molecule has 0 amide bonds. The van der Waals surface area contributed by atoms with Gasteiger partial charge in [-0.05, 0) is 12.1 Å². The number of benzene rings is 1. The van der Waals surface area contributed by atoms with Gasteiger partial charge in [-0.1, -0.05) is 11.6 Å². The van der Waals surface area contributed by atoms with Crippen LogP contribution in [0.15, 0.2) is 16.9 Å². The third-order valence-electron chi connectivity index (χ3n) is 3.70. The summed E-state index contributed by atoms with van der Waals surface area (Å²) >= 11 is 11.1. The van der Waals surface area contributed by atoms with Gasteiger partial charge in [-0.2, -0.15) is 0 Å². The van der Waals surface area contributed by atoms with Crippen molar-refractivity contribution in [3.8, 4) is 11.6 Å². The van der Waals surface area contributed by atoms with E-state index in [-0.39, 0.29) is 29.4 Å². The molecule has 1 atom stereocenters. The monoisotopic (exact) mass is 413 g/mol. The molecule has 136 valence electrons. The molecule has 0 saturated heterocycles. The number of halogens is 4. The van der Waals surface area contributed by atoms with E-state index in [1.54, 1.807) is 0 Å². The highest BCUT2D eigenvalue weighted by Crippen LogP contribution is 2.32. The zero-order chi connectivity index (χ0) is 18.5. The Morgan fingerprint density at radius 3 is 2.68 bits per heavy atom. The molecule has 0 unspecified atom stereocenters. The van der Waals surface area contributed by atoms with Crippen molar-refractivity contribution in [2.24, 2.45) is 0 Å². The molecule has 1 aromatic heterocycles. The third kappa shape index (κ3) is 3.09. The zero-order valence-corrected chi connectivity index (χ0v) is 14.7. The molecule has 12 heteroatoms. The minimum atomic E-state index is -3.93. The van der Waals surface area contributed by atoms with Crippen molar-refractivity contribution in [1.82, 2.24) is 9.13 Å². The van der Waals surface area contributed by atoms with Crippen LogP contribution in [0, 0.1) is 5.82 Å². The first-order valence-electron chi connectivity index (χ1n) is 6.88. The maximum Gasteiger partial charge on any atom is 0.336 e. The van der Waals surface area contributed by atoms with Gasteiger partial charge in [-0.3, -0.25) is 9.29 Å². The quantitative estimate of drug-likeness (QED) is 0.749. The lowest BCUT2D eigenvalue weighted by Crippen LogP contribution is -2.25. The molecular formula is C13H11Cl2F2N3O4S. The van der Waals surface area contributed by atoms with E-state index in [1.165, 1.54) is 0 Å². The summed E-state index contributed by atoms with van der Waals surface area (Å²) in [6.07, 6.45) is -1.50. The number of nitrogens with one attached hydrogen (secondary N) is 1. The van der Waals surface area contributed by atoms with Gasteiger partial charge < -0.3 is 5.11 Å². The van der Waals surface area contributed by atoms with E-state index >= 15 is 0 Å². The molecule has 3 rings (SSSR count). The summed E-state index contributed by atoms with van der Waals surface area (Å²) in [5, 5.41) is 9.15. The highest BCUT2D eigenvalue weighted by molar-refractivity contribution is 7.93. The van der Waals surface area contributed by atoms with Gasteiger partial charge >= 0.3 is 5.69 Å². The Hall–Kier alpha value is -1.78. The van der Waals surface area contributed by atoms with Crippen molar-refractivity contribution in [2.75, 3.05) is 9.93 Å². The molecule has 0 bridgehead atoms. The molecule has 7 nitrogen and oxygen atoms in total. The first-order chi connectivity index (χ1) is 11.6. The van der Waals surface area contributed by atoms with Crippen LogP contribution in [-0.4, -0.2) is 34.0 Å². The van der Waals surface area contributed by atoms with Gasteiger partial charge in [0.2, 0.25) is 15.9 Å². The van der Waals surface area contributed by atoms with Crippen molar-refractivity contribution in [2.45, 2.75) is 19.1 Å².